The number of carbonyl (C=O) groups is 2. The van der Waals surface area contributed by atoms with E-state index < -0.39 is 42.2 Å². The lowest BCUT2D eigenvalue weighted by molar-refractivity contribution is -0.141. The highest BCUT2D eigenvalue weighted by atomic mass is 19.1. The van der Waals surface area contributed by atoms with Crippen LogP contribution in [0.15, 0.2) is 42.5 Å². The summed E-state index contributed by atoms with van der Waals surface area (Å²) in [5.41, 5.74) is 2.63. The smallest absolute Gasteiger partial charge is 0.246 e. The molecule has 2 aliphatic heterocycles. The molecule has 1 aromatic heterocycles. The lowest BCUT2D eigenvalue weighted by Crippen LogP contribution is -2.59. The Balaban J connectivity index is 1.59. The van der Waals surface area contributed by atoms with Crippen molar-refractivity contribution in [2.24, 2.45) is 5.41 Å². The lowest BCUT2D eigenvalue weighted by atomic mass is 9.85. The summed E-state index contributed by atoms with van der Waals surface area (Å²) in [4.78, 5) is 28.8. The molecule has 2 aliphatic rings. The normalized spacial score (nSPS) is 20.8. The second-order valence-electron chi connectivity index (χ2n) is 13.4. The highest BCUT2D eigenvalue weighted by molar-refractivity contribution is 5.93. The third-order valence-corrected chi connectivity index (χ3v) is 9.22. The van der Waals surface area contributed by atoms with E-state index in [4.69, 9.17) is 0 Å². The Morgan fingerprint density at radius 3 is 2.36 bits per heavy atom. The fraction of sp³-hybridized carbons (Fsp3) is 0.529. The first-order chi connectivity index (χ1) is 21.4. The summed E-state index contributed by atoms with van der Waals surface area (Å²) in [6.45, 7) is 6.90. The van der Waals surface area contributed by atoms with E-state index in [9.17, 15) is 28.6 Å². The molecular weight excluding hydrogens is 580 g/mol. The van der Waals surface area contributed by atoms with E-state index in [1.165, 1.54) is 18.2 Å². The van der Waals surface area contributed by atoms with Crippen LogP contribution < -0.4 is 16.0 Å². The van der Waals surface area contributed by atoms with Crippen LogP contribution in [0, 0.1) is 17.0 Å². The number of piperidine rings is 1. The third-order valence-electron chi connectivity index (χ3n) is 9.22. The van der Waals surface area contributed by atoms with E-state index in [1.54, 1.807) is 36.2 Å². The molecule has 0 unspecified atom stereocenters. The topological polar surface area (TPSA) is 119 Å². The predicted molar refractivity (Wildman–Crippen MR) is 170 cm³/mol. The molecule has 5 N–H and O–H groups in total. The number of hydrogen-bond donors (Lipinski definition) is 5. The number of aromatic nitrogens is 1. The van der Waals surface area contributed by atoms with Crippen LogP contribution in [0.2, 0.25) is 0 Å². The van der Waals surface area contributed by atoms with Gasteiger partial charge in [-0.2, -0.15) is 0 Å². The van der Waals surface area contributed by atoms with Crippen LogP contribution in [0.1, 0.15) is 51.6 Å². The van der Waals surface area contributed by atoms with E-state index >= 15 is 0 Å². The number of halogens is 2. The van der Waals surface area contributed by atoms with Crippen molar-refractivity contribution in [2.75, 3.05) is 33.3 Å². The second-order valence-corrected chi connectivity index (χ2v) is 13.4. The fourth-order valence-electron chi connectivity index (χ4n) is 6.88. The highest BCUT2D eigenvalue weighted by Crippen LogP contribution is 2.41. The van der Waals surface area contributed by atoms with E-state index in [0.717, 1.165) is 53.7 Å². The quantitative estimate of drug-likeness (QED) is 0.250. The molecule has 0 bridgehead atoms. The number of aliphatic hydroxyl groups is 2. The Bertz CT molecular complexity index is 1510. The molecule has 3 aromatic rings. The number of hydrogen-bond acceptors (Lipinski definition) is 6. The number of carbonyl (C=O) groups excluding carboxylic acids is 2. The van der Waals surface area contributed by atoms with Gasteiger partial charge in [0.05, 0.1) is 23.9 Å². The molecule has 244 valence electrons. The molecule has 2 aromatic carbocycles. The summed E-state index contributed by atoms with van der Waals surface area (Å²) in [6.07, 6.45) is 1.62. The highest BCUT2D eigenvalue weighted by Gasteiger charge is 2.43. The minimum Gasteiger partial charge on any atom is -0.394 e. The molecular formula is C34H45F2N5O4. The Morgan fingerprint density at radius 2 is 1.73 bits per heavy atom. The molecule has 45 heavy (non-hydrogen) atoms. The number of amides is 2. The standard InChI is InChI=1S/C34H45F2N5O4/c1-34(2,3)31(39-32(44)28(19-42)37-4)33(45)40-18-25(43)16-24(40)17-27-26-10-9-22(36)15-29(26)41(23-11-13-38-14-12-23)30(27)20-5-7-21(35)8-6-20/h5-10,15,23-25,28,31,37-38,42-43H,11-14,16-19H2,1-4H3,(H,39,44)/t24-,25-,28-,31+/m0/s1. The first-order valence-corrected chi connectivity index (χ1v) is 15.8. The van der Waals surface area contributed by atoms with Crippen molar-refractivity contribution in [1.29, 1.82) is 0 Å². The van der Waals surface area contributed by atoms with Gasteiger partial charge in [-0.15, -0.1) is 0 Å². The number of benzene rings is 2. The molecule has 4 atom stereocenters. The molecule has 2 amide bonds. The van der Waals surface area contributed by atoms with Gasteiger partial charge in [0.15, 0.2) is 0 Å². The van der Waals surface area contributed by atoms with Crippen LogP contribution in [0.5, 0.6) is 0 Å². The maximum Gasteiger partial charge on any atom is 0.246 e. The van der Waals surface area contributed by atoms with E-state index in [1.807, 2.05) is 20.8 Å². The number of β-amino-alcohol motifs (C(OH)–C–C–N with tert-alkyl or cyclic N) is 1. The third kappa shape index (κ3) is 6.91. The lowest BCUT2D eigenvalue weighted by Gasteiger charge is -2.36. The molecule has 0 aliphatic carbocycles. The van der Waals surface area contributed by atoms with Gasteiger partial charge < -0.3 is 35.6 Å². The first kappa shape index (κ1) is 33.0. The molecule has 0 saturated carbocycles. The number of aliphatic hydroxyl groups excluding tert-OH is 2. The summed E-state index contributed by atoms with van der Waals surface area (Å²) in [5, 5.41) is 30.4. The SMILES string of the molecule is CN[C@@H](CO)C(=O)N[C@H](C(=O)N1C[C@@H](O)C[C@H]1Cc1c(-c2ccc(F)cc2)n(C2CCNCC2)c2cc(F)ccc12)C(C)(C)C. The van der Waals surface area contributed by atoms with Crippen LogP contribution in [-0.4, -0.2) is 89.0 Å². The number of likely N-dealkylation sites (N-methyl/N-ethyl adjacent to an activating group) is 1. The molecule has 5 rings (SSSR count). The van der Waals surface area contributed by atoms with Crippen LogP contribution in [-0.2, 0) is 16.0 Å². The van der Waals surface area contributed by atoms with Crippen LogP contribution in [0.3, 0.4) is 0 Å². The Labute approximate surface area is 263 Å². The number of nitrogens with zero attached hydrogens (tertiary/aromatic N) is 2. The summed E-state index contributed by atoms with van der Waals surface area (Å²) in [6, 6.07) is 8.94. The minimum atomic E-state index is -0.915. The first-order valence-electron chi connectivity index (χ1n) is 15.8. The van der Waals surface area contributed by atoms with Crippen molar-refractivity contribution < 1.29 is 28.6 Å². The zero-order chi connectivity index (χ0) is 32.5. The van der Waals surface area contributed by atoms with Crippen molar-refractivity contribution in [3.05, 3.63) is 59.7 Å². The average molecular weight is 626 g/mol. The largest absolute Gasteiger partial charge is 0.394 e. The molecule has 0 radical (unpaired) electrons. The number of likely N-dealkylation sites (tertiary alicyclic amines) is 1. The Hall–Kier alpha value is -3.38. The number of fused-ring (bicyclic) bond motifs is 1. The predicted octanol–water partition coefficient (Wildman–Crippen LogP) is 3.13. The van der Waals surface area contributed by atoms with Crippen LogP contribution in [0.25, 0.3) is 22.2 Å². The minimum absolute atomic E-state index is 0.0865. The van der Waals surface area contributed by atoms with Crippen LogP contribution >= 0.6 is 0 Å². The summed E-state index contributed by atoms with van der Waals surface area (Å²) in [5.74, 6) is -1.52. The zero-order valence-electron chi connectivity index (χ0n) is 26.4. The molecule has 2 saturated heterocycles. The fourth-order valence-corrected chi connectivity index (χ4v) is 6.88. The number of nitrogens with one attached hydrogen (secondary N) is 3. The van der Waals surface area contributed by atoms with Gasteiger partial charge in [-0.3, -0.25) is 9.59 Å². The maximum absolute atomic E-state index is 14.8. The van der Waals surface area contributed by atoms with Gasteiger partial charge >= 0.3 is 0 Å². The molecule has 11 heteroatoms. The summed E-state index contributed by atoms with van der Waals surface area (Å²) < 4.78 is 31.1. The second kappa shape index (κ2) is 13.5. The van der Waals surface area contributed by atoms with Gasteiger partial charge in [0.2, 0.25) is 11.8 Å². The summed E-state index contributed by atoms with van der Waals surface area (Å²) in [7, 11) is 1.56. The van der Waals surface area contributed by atoms with Gasteiger partial charge in [-0.25, -0.2) is 8.78 Å². The van der Waals surface area contributed by atoms with Gasteiger partial charge in [0, 0.05) is 24.0 Å². The average Bonchev–Trinajstić information content (AvgIpc) is 3.53. The van der Waals surface area contributed by atoms with E-state index in [0.29, 0.717) is 12.8 Å². The molecule has 0 spiro atoms. The molecule has 2 fully saturated rings. The molecule has 3 heterocycles. The van der Waals surface area contributed by atoms with E-state index in [2.05, 4.69) is 20.5 Å². The zero-order valence-corrected chi connectivity index (χ0v) is 26.4. The maximum atomic E-state index is 14.8. The van der Waals surface area contributed by atoms with E-state index in [-0.39, 0.29) is 30.1 Å². The Kier molecular flexibility index (Phi) is 9.93. The van der Waals surface area contributed by atoms with Crippen molar-refractivity contribution in [1.82, 2.24) is 25.4 Å². The molecule has 9 nitrogen and oxygen atoms in total. The Morgan fingerprint density at radius 1 is 1.07 bits per heavy atom. The van der Waals surface area contributed by atoms with Crippen molar-refractivity contribution in [2.45, 2.75) is 76.7 Å². The van der Waals surface area contributed by atoms with Gasteiger partial charge in [0.25, 0.3) is 0 Å². The summed E-state index contributed by atoms with van der Waals surface area (Å²) >= 11 is 0. The monoisotopic (exact) mass is 625 g/mol. The van der Waals surface area contributed by atoms with Gasteiger partial charge in [-0.1, -0.05) is 20.8 Å². The van der Waals surface area contributed by atoms with Gasteiger partial charge in [0.1, 0.15) is 23.7 Å². The number of rotatable bonds is 9. The van der Waals surface area contributed by atoms with Crippen LogP contribution in [0.4, 0.5) is 8.78 Å². The van der Waals surface area contributed by atoms with Crippen molar-refractivity contribution in [3.63, 3.8) is 0 Å². The van der Waals surface area contributed by atoms with Crippen molar-refractivity contribution in [3.8, 4) is 11.3 Å². The van der Waals surface area contributed by atoms with Gasteiger partial charge in [-0.05, 0) is 105 Å². The van der Waals surface area contributed by atoms with Crippen molar-refractivity contribution >= 4 is 22.7 Å².